The molecule has 1 saturated carbocycles. The normalized spacial score (nSPS) is 22.1. The second-order valence-electron chi connectivity index (χ2n) is 6.86. The van der Waals surface area contributed by atoms with Gasteiger partial charge in [0.1, 0.15) is 5.78 Å². The van der Waals surface area contributed by atoms with Gasteiger partial charge in [0, 0.05) is 12.8 Å². The Morgan fingerprint density at radius 1 is 1.18 bits per heavy atom. The van der Waals surface area contributed by atoms with Crippen LogP contribution in [0.25, 0.3) is 0 Å². The van der Waals surface area contributed by atoms with Crippen LogP contribution in [0.4, 0.5) is 0 Å². The van der Waals surface area contributed by atoms with Crippen molar-refractivity contribution in [2.75, 3.05) is 6.61 Å². The number of carbonyl (C=O) groups is 3. The number of hydrogen-bond donors (Lipinski definition) is 1. The van der Waals surface area contributed by atoms with Crippen molar-refractivity contribution in [3.8, 4) is 0 Å². The fourth-order valence-corrected chi connectivity index (χ4v) is 2.77. The molecule has 0 spiro atoms. The molecule has 5 nitrogen and oxygen atoms in total. The van der Waals surface area contributed by atoms with Crippen LogP contribution in [0.1, 0.15) is 65.7 Å². The van der Waals surface area contributed by atoms with E-state index >= 15 is 0 Å². The lowest BCUT2D eigenvalue weighted by atomic mass is 9.76. The molecule has 1 aliphatic carbocycles. The van der Waals surface area contributed by atoms with Gasteiger partial charge >= 0.3 is 11.9 Å². The van der Waals surface area contributed by atoms with Crippen LogP contribution in [0.15, 0.2) is 0 Å². The van der Waals surface area contributed by atoms with Gasteiger partial charge in [-0.3, -0.25) is 14.4 Å². The predicted octanol–water partition coefficient (Wildman–Crippen LogP) is 3.21. The third-order valence-electron chi connectivity index (χ3n) is 4.77. The van der Waals surface area contributed by atoms with Crippen molar-refractivity contribution in [1.29, 1.82) is 0 Å². The Morgan fingerprint density at radius 3 is 2.41 bits per heavy atom. The van der Waals surface area contributed by atoms with Crippen molar-refractivity contribution in [2.45, 2.75) is 65.7 Å². The number of aliphatic carboxylic acids is 1. The van der Waals surface area contributed by atoms with Gasteiger partial charge in [-0.25, -0.2) is 0 Å². The van der Waals surface area contributed by atoms with Crippen molar-refractivity contribution in [1.82, 2.24) is 0 Å². The number of ketones is 1. The summed E-state index contributed by atoms with van der Waals surface area (Å²) in [5, 5.41) is 9.21. The first-order valence-electron chi connectivity index (χ1n) is 8.19. The summed E-state index contributed by atoms with van der Waals surface area (Å²) in [5.41, 5.74) is -0.527. The Bertz CT molecular complexity index is 413. The standard InChI is InChI=1S/C17H28O5/c1-4-17(2,3)16(21)22-10-9-13(18)11-12-7-5-6-8-14(12)15(19)20/h12,14H,4-11H2,1-3H3,(H,19,20). The maximum absolute atomic E-state index is 12.0. The maximum Gasteiger partial charge on any atom is 0.311 e. The SMILES string of the molecule is CCC(C)(C)C(=O)OCCC(=O)CC1CCCCC1C(=O)O. The minimum atomic E-state index is -0.798. The lowest BCUT2D eigenvalue weighted by Gasteiger charge is -2.28. The molecule has 1 rings (SSSR count). The molecule has 2 atom stereocenters. The van der Waals surface area contributed by atoms with Crippen LogP contribution >= 0.6 is 0 Å². The number of ether oxygens (including phenoxy) is 1. The van der Waals surface area contributed by atoms with E-state index in [2.05, 4.69) is 0 Å². The van der Waals surface area contributed by atoms with E-state index in [4.69, 9.17) is 4.74 Å². The highest BCUT2D eigenvalue weighted by Gasteiger charge is 2.32. The maximum atomic E-state index is 12.0. The summed E-state index contributed by atoms with van der Waals surface area (Å²) in [4.78, 5) is 35.0. The monoisotopic (exact) mass is 312 g/mol. The van der Waals surface area contributed by atoms with Gasteiger partial charge in [0.2, 0.25) is 0 Å². The van der Waals surface area contributed by atoms with Crippen molar-refractivity contribution in [3.63, 3.8) is 0 Å². The average Bonchev–Trinajstić information content (AvgIpc) is 2.47. The number of carboxylic acid groups (broad SMARTS) is 1. The average molecular weight is 312 g/mol. The molecule has 22 heavy (non-hydrogen) atoms. The van der Waals surface area contributed by atoms with E-state index in [9.17, 15) is 19.5 Å². The highest BCUT2D eigenvalue weighted by molar-refractivity contribution is 5.81. The van der Waals surface area contributed by atoms with Gasteiger partial charge in [-0.1, -0.05) is 19.8 Å². The molecule has 0 bridgehead atoms. The minimum Gasteiger partial charge on any atom is -0.481 e. The molecule has 0 saturated heterocycles. The van der Waals surface area contributed by atoms with Gasteiger partial charge in [0.05, 0.1) is 17.9 Å². The van der Waals surface area contributed by atoms with Crippen LogP contribution in [0.2, 0.25) is 0 Å². The number of esters is 1. The molecule has 0 heterocycles. The molecule has 1 fully saturated rings. The predicted molar refractivity (Wildman–Crippen MR) is 82.4 cm³/mol. The molecule has 1 N–H and O–H groups in total. The lowest BCUT2D eigenvalue weighted by molar-refractivity contribution is -0.154. The zero-order chi connectivity index (χ0) is 16.8. The van der Waals surface area contributed by atoms with Gasteiger partial charge in [0.25, 0.3) is 0 Å². The first kappa shape index (κ1) is 18.7. The number of carbonyl (C=O) groups excluding carboxylic acids is 2. The highest BCUT2D eigenvalue weighted by atomic mass is 16.5. The van der Waals surface area contributed by atoms with Gasteiger partial charge in [-0.15, -0.1) is 0 Å². The fraction of sp³-hybridized carbons (Fsp3) is 0.824. The summed E-state index contributed by atoms with van der Waals surface area (Å²) >= 11 is 0. The van der Waals surface area contributed by atoms with E-state index in [0.29, 0.717) is 12.8 Å². The van der Waals surface area contributed by atoms with Crippen molar-refractivity contribution in [3.05, 3.63) is 0 Å². The molecule has 126 valence electrons. The van der Waals surface area contributed by atoms with Gasteiger partial charge in [0.15, 0.2) is 0 Å². The summed E-state index contributed by atoms with van der Waals surface area (Å²) in [6.45, 7) is 5.64. The number of hydrogen-bond acceptors (Lipinski definition) is 4. The Labute approximate surface area is 132 Å². The van der Waals surface area contributed by atoms with Crippen molar-refractivity contribution >= 4 is 17.7 Å². The Hall–Kier alpha value is -1.39. The van der Waals surface area contributed by atoms with Crippen LogP contribution < -0.4 is 0 Å². The van der Waals surface area contributed by atoms with Gasteiger partial charge in [-0.2, -0.15) is 0 Å². The molecule has 2 unspecified atom stereocenters. The first-order valence-corrected chi connectivity index (χ1v) is 8.19. The molecular weight excluding hydrogens is 284 g/mol. The molecular formula is C17H28O5. The molecule has 0 aromatic rings. The zero-order valence-electron chi connectivity index (χ0n) is 13.9. The van der Waals surface area contributed by atoms with Crippen LogP contribution in [0.3, 0.4) is 0 Å². The molecule has 0 aromatic carbocycles. The topological polar surface area (TPSA) is 80.7 Å². The molecule has 0 aromatic heterocycles. The van der Waals surface area contributed by atoms with Crippen LogP contribution in [-0.2, 0) is 19.1 Å². The Kier molecular flexibility index (Phi) is 7.04. The molecule has 1 aliphatic rings. The van der Waals surface area contributed by atoms with Crippen LogP contribution in [0.5, 0.6) is 0 Å². The molecule has 0 aliphatic heterocycles. The van der Waals surface area contributed by atoms with E-state index in [0.717, 1.165) is 19.3 Å². The summed E-state index contributed by atoms with van der Waals surface area (Å²) in [7, 11) is 0. The lowest BCUT2D eigenvalue weighted by Crippen LogP contribution is -2.29. The van der Waals surface area contributed by atoms with Gasteiger partial charge < -0.3 is 9.84 Å². The zero-order valence-corrected chi connectivity index (χ0v) is 13.9. The third-order valence-corrected chi connectivity index (χ3v) is 4.77. The summed E-state index contributed by atoms with van der Waals surface area (Å²) in [5.74, 6) is -1.57. The third kappa shape index (κ3) is 5.43. The summed E-state index contributed by atoms with van der Waals surface area (Å²) in [6.07, 6.45) is 4.51. The van der Waals surface area contributed by atoms with Crippen LogP contribution in [-0.4, -0.2) is 29.4 Å². The van der Waals surface area contributed by atoms with Crippen LogP contribution in [0, 0.1) is 17.3 Å². The Morgan fingerprint density at radius 2 is 1.82 bits per heavy atom. The minimum absolute atomic E-state index is 0.0137. The number of rotatable bonds is 8. The summed E-state index contributed by atoms with van der Waals surface area (Å²) in [6, 6.07) is 0. The number of Topliss-reactive ketones (excluding diaryl/α,β-unsaturated/α-hetero) is 1. The molecule has 5 heteroatoms. The van der Waals surface area contributed by atoms with E-state index in [1.165, 1.54) is 0 Å². The fourth-order valence-electron chi connectivity index (χ4n) is 2.77. The largest absolute Gasteiger partial charge is 0.481 e. The highest BCUT2D eigenvalue weighted by Crippen LogP contribution is 2.33. The first-order chi connectivity index (χ1) is 10.3. The van der Waals surface area contributed by atoms with Crippen molar-refractivity contribution in [2.24, 2.45) is 17.3 Å². The van der Waals surface area contributed by atoms with E-state index in [-0.39, 0.29) is 37.1 Å². The second kappa shape index (κ2) is 8.30. The summed E-state index contributed by atoms with van der Waals surface area (Å²) < 4.78 is 5.16. The Balaban J connectivity index is 2.37. The molecule has 0 radical (unpaired) electrons. The smallest absolute Gasteiger partial charge is 0.311 e. The van der Waals surface area contributed by atoms with Crippen molar-refractivity contribution < 1.29 is 24.2 Å². The van der Waals surface area contributed by atoms with Gasteiger partial charge in [-0.05, 0) is 39.0 Å². The van der Waals surface area contributed by atoms with E-state index < -0.39 is 17.3 Å². The van der Waals surface area contributed by atoms with E-state index in [1.54, 1.807) is 0 Å². The quantitative estimate of drug-likeness (QED) is 0.696. The second-order valence-corrected chi connectivity index (χ2v) is 6.86. The van der Waals surface area contributed by atoms with E-state index in [1.807, 2.05) is 20.8 Å². The molecule has 0 amide bonds. The number of carboxylic acids is 1.